The van der Waals surface area contributed by atoms with Crippen LogP contribution in [0.4, 0.5) is 0 Å². The topological polar surface area (TPSA) is 433 Å². The van der Waals surface area contributed by atoms with Gasteiger partial charge in [-0.25, -0.2) is 22.3 Å². The molecule has 0 rings (SSSR count). The third kappa shape index (κ3) is 43.2. The Labute approximate surface area is 431 Å². The summed E-state index contributed by atoms with van der Waals surface area (Å²) in [6, 6.07) is 0. The number of hydrogen-bond acceptors (Lipinski definition) is 13. The zero-order chi connectivity index (χ0) is 61.2. The first kappa shape index (κ1) is 85.6. The van der Waals surface area contributed by atoms with Crippen LogP contribution in [0.1, 0.15) is 125 Å². The van der Waals surface area contributed by atoms with Crippen molar-refractivity contribution in [1.82, 2.24) is 0 Å². The Morgan fingerprint density at radius 3 is 0.736 bits per heavy atom. The summed E-state index contributed by atoms with van der Waals surface area (Å²) >= 11 is 0. The highest BCUT2D eigenvalue weighted by molar-refractivity contribution is 7.84. The van der Waals surface area contributed by atoms with Crippen molar-refractivity contribution >= 4 is 108 Å². The lowest BCUT2D eigenvalue weighted by Gasteiger charge is -2.34. The van der Waals surface area contributed by atoms with Crippen LogP contribution in [0.2, 0.25) is 0 Å². The van der Waals surface area contributed by atoms with Crippen LogP contribution in [0.3, 0.4) is 0 Å². The lowest BCUT2D eigenvalue weighted by molar-refractivity contribution is 0.218. The maximum atomic E-state index is 11.7. The summed E-state index contributed by atoms with van der Waals surface area (Å²) in [5.41, 5.74) is 0. The van der Waals surface area contributed by atoms with Gasteiger partial charge in [0.1, 0.15) is 5.90 Å². The molecular weight excluding hydrogens is 1190 g/mol. The molecule has 0 radical (unpaired) electrons. The Bertz CT molecular complexity index is 2160. The van der Waals surface area contributed by atoms with Gasteiger partial charge in [0.05, 0.1) is 15.5 Å². The minimum absolute atomic E-state index is 0.0708. The van der Waals surface area contributed by atoms with Crippen molar-refractivity contribution in [2.24, 2.45) is 0 Å². The van der Waals surface area contributed by atoms with Gasteiger partial charge in [0.15, 0.2) is 0 Å². The zero-order valence-corrected chi connectivity index (χ0v) is 57.3. The maximum absolute atomic E-state index is 11.7. The SMILES string of the molecule is C=P(C)(C)C(C)(C)C.C=P(C)(CP(C)(=O)O)C(C)(C)C.C=P(C)(OP(=O)(O)CP(C)(=O)O)C(C)(C)C.CC(C)(C)P(=O)(O)O.CC(C)(C)P(=O)(O)OP(=O)(O)O.CC(C)(C)P(=O)(O)OP(=O)(O)OP(=O)(O)O. The van der Waals surface area contributed by atoms with Crippen LogP contribution >= 0.6 is 89.5 Å². The quantitative estimate of drug-likeness (QED) is 0.0808. The number of phosphoric acid groups is 3. The summed E-state index contributed by atoms with van der Waals surface area (Å²) in [6.07, 6.45) is 12.1. The predicted octanol–water partition coefficient (Wildman–Crippen LogP) is 11.3. The second-order valence-corrected chi connectivity index (χ2v) is 56.4. The highest BCUT2D eigenvalue weighted by Crippen LogP contribution is 2.71. The van der Waals surface area contributed by atoms with Gasteiger partial charge < -0.3 is 58.7 Å². The molecule has 0 aliphatic carbocycles. The van der Waals surface area contributed by atoms with Crippen LogP contribution in [0.15, 0.2) is 0 Å². The largest absolute Gasteiger partial charge is 0.488 e. The lowest BCUT2D eigenvalue weighted by atomic mass is 10.3. The number of rotatable bonds is 12. The summed E-state index contributed by atoms with van der Waals surface area (Å²) < 4.78 is 114. The Morgan fingerprint density at radius 2 is 0.597 bits per heavy atom. The summed E-state index contributed by atoms with van der Waals surface area (Å²) in [7, 11) is -41.0. The Kier molecular flexibility index (Phi) is 33.7. The standard InChI is InChI=1S/C8H21O5P3.C8H20O2P2.C7H17P.C4H13O9P3.C4H12O6P2.C4H11O3P/c1-8(2,3)14(4,5)13-16(11,12)7-15(6,9)10;1-8(2,3)11(4,5)7-12(6,9)10;1-7(2,3)8(4,5)6;1-4(2,3)14(5,6)12-16(10,11)13-15(7,8)9;1-4(2,3)11(5,6)10-12(7,8)9;1-4(2,3)8(5,6)7/h4,7H2,1-3,5-6H3,(H,9,10)(H,11,12);4,7H2,1-3,5-6H3,(H,9,10);4H2,1-3,5-6H3;1-3H3,(H,5,6)(H,10,11)(H2,7,8,9);1-3H3,(H,5,6)(H2,7,8,9);1-3H3,(H2,5,6,7). The third-order valence-electron chi connectivity index (χ3n) is 9.39. The Balaban J connectivity index is -0.000000185. The van der Waals surface area contributed by atoms with E-state index < -0.39 is 111 Å². The van der Waals surface area contributed by atoms with E-state index >= 15 is 0 Å². The van der Waals surface area contributed by atoms with E-state index in [2.05, 4.69) is 86.7 Å². The molecule has 0 aliphatic rings. The van der Waals surface area contributed by atoms with Gasteiger partial charge in [-0.3, -0.25) is 31.7 Å². The molecule has 12 N–H and O–H groups in total. The van der Waals surface area contributed by atoms with Gasteiger partial charge in [-0.1, -0.05) is 74.9 Å². The van der Waals surface area contributed by atoms with Crippen molar-refractivity contribution in [3.8, 4) is 0 Å². The molecule has 8 unspecified atom stereocenters. The molecule has 0 saturated heterocycles. The molecule has 0 aromatic heterocycles. The fourth-order valence-corrected chi connectivity index (χ4v) is 20.8. The average Bonchev–Trinajstić information content (AvgIpc) is 2.87. The molecular formula is C35H94O25P12. The third-order valence-corrected chi connectivity index (χ3v) is 39.9. The van der Waals surface area contributed by atoms with E-state index in [1.54, 1.807) is 6.66 Å². The van der Waals surface area contributed by atoms with E-state index in [4.69, 9.17) is 48.4 Å². The van der Waals surface area contributed by atoms with Gasteiger partial charge in [0, 0.05) is 31.5 Å². The molecule has 0 saturated carbocycles. The highest BCUT2D eigenvalue weighted by Gasteiger charge is 2.46. The lowest BCUT2D eigenvalue weighted by Crippen LogP contribution is -2.16. The fraction of sp³-hybridized carbons (Fsp3) is 0.914. The van der Waals surface area contributed by atoms with E-state index in [0.717, 1.165) is 6.66 Å². The summed E-state index contributed by atoms with van der Waals surface area (Å²) in [4.78, 5) is 105. The first-order valence-corrected chi connectivity index (χ1v) is 44.2. The molecule has 0 spiro atoms. The van der Waals surface area contributed by atoms with E-state index in [1.807, 2.05) is 27.4 Å². The molecule has 8 atom stereocenters. The molecule has 0 aliphatic heterocycles. The van der Waals surface area contributed by atoms with Crippen molar-refractivity contribution in [3.63, 3.8) is 0 Å². The molecule has 444 valence electrons. The van der Waals surface area contributed by atoms with Crippen molar-refractivity contribution < 1.29 is 117 Å². The van der Waals surface area contributed by atoms with Crippen LogP contribution in [-0.4, -0.2) is 160 Å². The van der Waals surface area contributed by atoms with E-state index in [0.29, 0.717) is 11.1 Å². The molecule has 37 heteroatoms. The van der Waals surface area contributed by atoms with E-state index in [-0.39, 0.29) is 10.3 Å². The first-order chi connectivity index (χ1) is 29.7. The van der Waals surface area contributed by atoms with Crippen LogP contribution in [0, 0.1) is 0 Å². The second kappa shape index (κ2) is 28.3. The predicted molar refractivity (Wildman–Crippen MR) is 305 cm³/mol. The molecule has 0 fully saturated rings. The van der Waals surface area contributed by atoms with E-state index in [9.17, 15) is 55.8 Å². The van der Waals surface area contributed by atoms with Gasteiger partial charge in [-0.15, -0.1) is 20.1 Å². The fourth-order valence-electron chi connectivity index (χ4n) is 2.23. The Hall–Kier alpha value is 2.33. The van der Waals surface area contributed by atoms with Gasteiger partial charge in [0.2, 0.25) is 14.7 Å². The van der Waals surface area contributed by atoms with Crippen LogP contribution in [0.5, 0.6) is 0 Å². The van der Waals surface area contributed by atoms with Crippen LogP contribution in [-0.2, 0) is 58.3 Å². The van der Waals surface area contributed by atoms with Crippen LogP contribution < -0.4 is 0 Å². The monoisotopic (exact) mass is 1290 g/mol. The van der Waals surface area contributed by atoms with Crippen molar-refractivity contribution in [2.45, 2.75) is 156 Å². The summed E-state index contributed by atoms with van der Waals surface area (Å²) in [5.74, 6) is -0.329. The molecule has 0 bridgehead atoms. The second-order valence-electron chi connectivity index (χ2n) is 23.6. The highest BCUT2D eigenvalue weighted by atomic mass is 31.3. The van der Waals surface area contributed by atoms with Gasteiger partial charge in [0.25, 0.3) is 0 Å². The number of hydrogen-bond donors (Lipinski definition) is 12. The molecule has 25 nitrogen and oxygen atoms in total. The van der Waals surface area contributed by atoms with Gasteiger partial charge in [-0.05, 0) is 99.3 Å². The molecule has 0 heterocycles. The smallest absolute Gasteiger partial charge is 0.344 e. The van der Waals surface area contributed by atoms with Crippen molar-refractivity contribution in [3.05, 3.63) is 0 Å². The summed E-state index contributed by atoms with van der Waals surface area (Å²) in [6.45, 7) is 39.3. The summed E-state index contributed by atoms with van der Waals surface area (Å²) in [5, 5.41) is -3.34. The normalized spacial score (nSPS) is 20.2. The molecule has 0 aromatic rings. The Morgan fingerprint density at radius 1 is 0.347 bits per heavy atom. The van der Waals surface area contributed by atoms with E-state index in [1.165, 1.54) is 69.0 Å². The van der Waals surface area contributed by atoms with Crippen LogP contribution in [0.25, 0.3) is 0 Å². The average molecular weight is 1290 g/mol. The minimum Gasteiger partial charge on any atom is -0.344 e. The van der Waals surface area contributed by atoms with Crippen molar-refractivity contribution in [2.75, 3.05) is 51.8 Å². The van der Waals surface area contributed by atoms with Gasteiger partial charge >= 0.3 is 53.9 Å². The minimum atomic E-state index is -5.31. The molecule has 0 aromatic carbocycles. The molecule has 0 amide bonds. The maximum Gasteiger partial charge on any atom is 0.488 e. The molecule has 72 heavy (non-hydrogen) atoms. The van der Waals surface area contributed by atoms with Crippen molar-refractivity contribution in [1.29, 1.82) is 0 Å². The van der Waals surface area contributed by atoms with Gasteiger partial charge in [-0.2, -0.15) is 4.31 Å². The zero-order valence-electron chi connectivity index (χ0n) is 46.6. The first-order valence-electron chi connectivity index (χ1n) is 20.7.